The molecule has 1 aromatic rings. The number of halogens is 1. The molecule has 0 unspecified atom stereocenters. The van der Waals surface area contributed by atoms with Gasteiger partial charge in [-0.2, -0.15) is 0 Å². The van der Waals surface area contributed by atoms with E-state index in [1.54, 1.807) is 6.20 Å². The van der Waals surface area contributed by atoms with Crippen molar-refractivity contribution in [2.24, 2.45) is 5.92 Å². The van der Waals surface area contributed by atoms with Gasteiger partial charge in [-0.25, -0.2) is 4.98 Å². The van der Waals surface area contributed by atoms with Crippen molar-refractivity contribution in [3.8, 4) is 0 Å². The number of esters is 1. The third-order valence-electron chi connectivity index (χ3n) is 5.70. The highest BCUT2D eigenvalue weighted by atomic mass is 35.5. The molecule has 3 aliphatic rings. The fourth-order valence-corrected chi connectivity index (χ4v) is 4.47. The van der Waals surface area contributed by atoms with Crippen LogP contribution in [0.1, 0.15) is 32.1 Å². The van der Waals surface area contributed by atoms with E-state index in [0.29, 0.717) is 18.1 Å². The third kappa shape index (κ3) is 3.08. The monoisotopic (exact) mass is 363 g/mol. The average molecular weight is 364 g/mol. The van der Waals surface area contributed by atoms with E-state index < -0.39 is 5.60 Å². The van der Waals surface area contributed by atoms with Crippen LogP contribution in [0.15, 0.2) is 18.3 Å². The Morgan fingerprint density at radius 2 is 1.92 bits per heavy atom. The molecule has 134 valence electrons. The highest BCUT2D eigenvalue weighted by molar-refractivity contribution is 6.30. The van der Waals surface area contributed by atoms with Crippen molar-refractivity contribution in [1.82, 2.24) is 9.88 Å². The summed E-state index contributed by atoms with van der Waals surface area (Å²) in [5.74, 6) is 0.437. The van der Waals surface area contributed by atoms with Crippen LogP contribution >= 0.6 is 11.6 Å². The number of hydrogen-bond donors (Lipinski definition) is 0. The van der Waals surface area contributed by atoms with Gasteiger partial charge in [-0.05, 0) is 37.8 Å². The summed E-state index contributed by atoms with van der Waals surface area (Å²) in [6.07, 6.45) is 5.59. The first-order valence-corrected chi connectivity index (χ1v) is 9.32. The maximum Gasteiger partial charge on any atom is 0.307 e. The standard InChI is InChI=1S/C18H22ClN3O3/c19-13-3-4-15(20-12-13)21-7-9-22(10-8-21)17(24)14-11-16(23)25-18(14)5-1-2-6-18/h3-4,12,14H,1-2,5-11H2/t14-/m0/s1. The Balaban J connectivity index is 1.41. The predicted molar refractivity (Wildman–Crippen MR) is 93.4 cm³/mol. The van der Waals surface area contributed by atoms with Crippen LogP contribution in [-0.2, 0) is 14.3 Å². The van der Waals surface area contributed by atoms with Crippen LogP contribution < -0.4 is 4.90 Å². The van der Waals surface area contributed by atoms with Crippen LogP contribution in [-0.4, -0.2) is 53.5 Å². The molecule has 0 radical (unpaired) electrons. The summed E-state index contributed by atoms with van der Waals surface area (Å²) in [6, 6.07) is 3.73. The molecule has 3 fully saturated rings. The zero-order valence-corrected chi connectivity index (χ0v) is 14.9. The summed E-state index contributed by atoms with van der Waals surface area (Å²) in [6.45, 7) is 2.75. The highest BCUT2D eigenvalue weighted by Crippen LogP contribution is 2.46. The van der Waals surface area contributed by atoms with Gasteiger partial charge in [-0.1, -0.05) is 11.6 Å². The topological polar surface area (TPSA) is 62.7 Å². The number of amides is 1. The number of piperazine rings is 1. The van der Waals surface area contributed by atoms with Gasteiger partial charge in [-0.15, -0.1) is 0 Å². The Kier molecular flexibility index (Phi) is 4.31. The van der Waals surface area contributed by atoms with E-state index in [9.17, 15) is 9.59 Å². The number of aromatic nitrogens is 1. The lowest BCUT2D eigenvalue weighted by molar-refractivity contribution is -0.151. The van der Waals surface area contributed by atoms with E-state index in [1.165, 1.54) is 0 Å². The van der Waals surface area contributed by atoms with E-state index in [1.807, 2.05) is 17.0 Å². The number of anilines is 1. The van der Waals surface area contributed by atoms with Crippen molar-refractivity contribution < 1.29 is 14.3 Å². The molecule has 25 heavy (non-hydrogen) atoms. The van der Waals surface area contributed by atoms with E-state index in [-0.39, 0.29) is 24.2 Å². The Hall–Kier alpha value is -1.82. The van der Waals surface area contributed by atoms with Gasteiger partial charge in [0.05, 0.1) is 17.4 Å². The minimum absolute atomic E-state index is 0.0801. The molecule has 1 atom stereocenters. The Labute approximate surface area is 152 Å². The van der Waals surface area contributed by atoms with Crippen molar-refractivity contribution in [1.29, 1.82) is 0 Å². The van der Waals surface area contributed by atoms with Gasteiger partial charge in [0, 0.05) is 32.4 Å². The summed E-state index contributed by atoms with van der Waals surface area (Å²) in [5, 5.41) is 0.616. The van der Waals surface area contributed by atoms with Crippen molar-refractivity contribution in [3.05, 3.63) is 23.4 Å². The SMILES string of the molecule is O=C1C[C@@H](C(=O)N2CCN(c3ccc(Cl)cn3)CC2)C2(CCCC2)O1. The van der Waals surface area contributed by atoms with Crippen LogP contribution in [0.4, 0.5) is 5.82 Å². The zero-order valence-electron chi connectivity index (χ0n) is 14.1. The zero-order chi connectivity index (χ0) is 17.4. The molecule has 1 spiro atoms. The van der Waals surface area contributed by atoms with Gasteiger partial charge in [-0.3, -0.25) is 9.59 Å². The summed E-state index contributed by atoms with van der Waals surface area (Å²) >= 11 is 5.89. The first kappa shape index (κ1) is 16.6. The van der Waals surface area contributed by atoms with Gasteiger partial charge in [0.15, 0.2) is 0 Å². The largest absolute Gasteiger partial charge is 0.458 e. The molecule has 0 aromatic carbocycles. The first-order valence-electron chi connectivity index (χ1n) is 8.95. The minimum Gasteiger partial charge on any atom is -0.458 e. The van der Waals surface area contributed by atoms with Crippen LogP contribution in [0, 0.1) is 5.92 Å². The van der Waals surface area contributed by atoms with Crippen LogP contribution in [0.3, 0.4) is 0 Å². The summed E-state index contributed by atoms with van der Waals surface area (Å²) in [4.78, 5) is 33.3. The third-order valence-corrected chi connectivity index (χ3v) is 5.92. The van der Waals surface area contributed by atoms with Gasteiger partial charge < -0.3 is 14.5 Å². The van der Waals surface area contributed by atoms with E-state index in [0.717, 1.165) is 44.6 Å². The second-order valence-corrected chi connectivity index (χ2v) is 7.59. The van der Waals surface area contributed by atoms with E-state index in [4.69, 9.17) is 16.3 Å². The van der Waals surface area contributed by atoms with E-state index in [2.05, 4.69) is 9.88 Å². The van der Waals surface area contributed by atoms with Crippen LogP contribution in [0.2, 0.25) is 5.02 Å². The molecule has 4 rings (SSSR count). The fourth-order valence-electron chi connectivity index (χ4n) is 4.36. The van der Waals surface area contributed by atoms with Gasteiger partial charge in [0.2, 0.25) is 5.91 Å². The number of rotatable bonds is 2. The lowest BCUT2D eigenvalue weighted by Crippen LogP contribution is -2.53. The smallest absolute Gasteiger partial charge is 0.307 e. The second-order valence-electron chi connectivity index (χ2n) is 7.15. The van der Waals surface area contributed by atoms with Gasteiger partial charge >= 0.3 is 5.97 Å². The number of carbonyl (C=O) groups excluding carboxylic acids is 2. The normalized spacial score (nSPS) is 25.5. The molecule has 3 heterocycles. The maximum absolute atomic E-state index is 13.0. The lowest BCUT2D eigenvalue weighted by atomic mass is 9.84. The molecule has 0 N–H and O–H groups in total. The van der Waals surface area contributed by atoms with Crippen LogP contribution in [0.5, 0.6) is 0 Å². The molecule has 6 nitrogen and oxygen atoms in total. The first-order chi connectivity index (χ1) is 12.1. The molecule has 1 saturated carbocycles. The quantitative estimate of drug-likeness (QED) is 0.754. The maximum atomic E-state index is 13.0. The van der Waals surface area contributed by atoms with Crippen molar-refractivity contribution >= 4 is 29.3 Å². The molecular weight excluding hydrogens is 342 g/mol. The number of ether oxygens (including phenoxy) is 1. The Morgan fingerprint density at radius 1 is 1.20 bits per heavy atom. The second kappa shape index (κ2) is 6.48. The number of hydrogen-bond acceptors (Lipinski definition) is 5. The highest BCUT2D eigenvalue weighted by Gasteiger charge is 2.54. The molecule has 0 bridgehead atoms. The molecule has 1 aromatic heterocycles. The van der Waals surface area contributed by atoms with Crippen molar-refractivity contribution in [2.45, 2.75) is 37.7 Å². The molecule has 1 amide bonds. The van der Waals surface area contributed by atoms with Gasteiger partial charge in [0.25, 0.3) is 0 Å². The summed E-state index contributed by atoms with van der Waals surface area (Å²) < 4.78 is 5.62. The number of nitrogens with zero attached hydrogens (tertiary/aromatic N) is 3. The molecular formula is C18H22ClN3O3. The summed E-state index contributed by atoms with van der Waals surface area (Å²) in [7, 11) is 0. The van der Waals surface area contributed by atoms with E-state index >= 15 is 0 Å². The fraction of sp³-hybridized carbons (Fsp3) is 0.611. The van der Waals surface area contributed by atoms with Crippen molar-refractivity contribution in [2.75, 3.05) is 31.1 Å². The molecule has 2 saturated heterocycles. The average Bonchev–Trinajstić information content (AvgIpc) is 3.22. The van der Waals surface area contributed by atoms with Crippen molar-refractivity contribution in [3.63, 3.8) is 0 Å². The number of carbonyl (C=O) groups is 2. The molecule has 1 aliphatic carbocycles. The predicted octanol–water partition coefficient (Wildman–Crippen LogP) is 2.26. The lowest BCUT2D eigenvalue weighted by Gasteiger charge is -2.38. The Bertz CT molecular complexity index is 665. The Morgan fingerprint density at radius 3 is 2.56 bits per heavy atom. The molecule has 7 heteroatoms. The minimum atomic E-state index is -0.525. The summed E-state index contributed by atoms with van der Waals surface area (Å²) in [5.41, 5.74) is -0.525. The van der Waals surface area contributed by atoms with Gasteiger partial charge in [0.1, 0.15) is 11.4 Å². The number of pyridine rings is 1. The molecule has 2 aliphatic heterocycles. The van der Waals surface area contributed by atoms with Crippen LogP contribution in [0.25, 0.3) is 0 Å².